The predicted molar refractivity (Wildman–Crippen MR) is 65.6 cm³/mol. The molecule has 13 heavy (non-hydrogen) atoms. The van der Waals surface area contributed by atoms with Gasteiger partial charge in [0.2, 0.25) is 0 Å². The first kappa shape index (κ1) is 9.27. The molecule has 0 spiro atoms. The number of hydrogen-bond acceptors (Lipinski definition) is 2. The summed E-state index contributed by atoms with van der Waals surface area (Å²) in [5.74, 6) is 0. The maximum Gasteiger partial charge on any atom is 0.172 e. The van der Waals surface area contributed by atoms with Gasteiger partial charge in [0.15, 0.2) is 5.06 Å². The first-order valence-electron chi connectivity index (χ1n) is 4.12. The van der Waals surface area contributed by atoms with Crippen LogP contribution in [0.5, 0.6) is 5.06 Å². The van der Waals surface area contributed by atoms with Gasteiger partial charge in [-0.1, -0.05) is 30.4 Å². The number of hydrogen-bond donors (Lipinski definition) is 1. The van der Waals surface area contributed by atoms with Gasteiger partial charge in [-0.2, -0.15) is 0 Å². The molecule has 0 unspecified atom stereocenters. The van der Waals surface area contributed by atoms with Crippen molar-refractivity contribution in [2.24, 2.45) is 0 Å². The molecule has 0 amide bonds. The summed E-state index contributed by atoms with van der Waals surface area (Å²) in [4.78, 5) is 0. The molecule has 3 heteroatoms. The molecule has 0 aliphatic heterocycles. The van der Waals surface area contributed by atoms with Crippen LogP contribution in [0.3, 0.4) is 0 Å². The van der Waals surface area contributed by atoms with Crippen LogP contribution in [-0.2, 0) is 6.42 Å². The fraction of sp³-hybridized carbons (Fsp3) is 0.200. The molecule has 0 saturated carbocycles. The number of thiophene rings is 1. The maximum absolute atomic E-state index is 9.36. The van der Waals surface area contributed by atoms with E-state index in [9.17, 15) is 5.11 Å². The molecule has 0 atom stereocenters. The molecule has 0 bridgehead atoms. The highest BCUT2D eigenvalue weighted by Gasteiger charge is 2.06. The van der Waals surface area contributed by atoms with Gasteiger partial charge in [0.1, 0.15) is 0 Å². The fourth-order valence-corrected chi connectivity index (χ4v) is 3.43. The van der Waals surface area contributed by atoms with E-state index in [2.05, 4.69) is 41.6 Å². The standard InChI is InChI=1S/C10H9IOS/c1-2-6-3-4-7-5-8(12)13-10(7)9(6)11/h3-5,12H,2H2,1H3. The van der Waals surface area contributed by atoms with Crippen molar-refractivity contribution in [3.63, 3.8) is 0 Å². The molecular formula is C10H9IOS. The molecule has 2 rings (SSSR count). The molecule has 1 aromatic carbocycles. The van der Waals surface area contributed by atoms with Crippen molar-refractivity contribution >= 4 is 44.0 Å². The number of aryl methyl sites for hydroxylation is 1. The van der Waals surface area contributed by atoms with Crippen molar-refractivity contribution in [3.8, 4) is 5.06 Å². The molecular weight excluding hydrogens is 295 g/mol. The van der Waals surface area contributed by atoms with Gasteiger partial charge in [-0.3, -0.25) is 0 Å². The Kier molecular flexibility index (Phi) is 2.47. The lowest BCUT2D eigenvalue weighted by molar-refractivity contribution is 0.491. The summed E-state index contributed by atoms with van der Waals surface area (Å²) in [6.45, 7) is 2.15. The number of aromatic hydroxyl groups is 1. The summed E-state index contributed by atoms with van der Waals surface area (Å²) < 4.78 is 2.49. The minimum absolute atomic E-state index is 0.404. The Hall–Kier alpha value is -0.290. The largest absolute Gasteiger partial charge is 0.499 e. The summed E-state index contributed by atoms with van der Waals surface area (Å²) in [5.41, 5.74) is 1.36. The SMILES string of the molecule is CCc1ccc2cc(O)sc2c1I. The molecule has 1 aromatic heterocycles. The van der Waals surface area contributed by atoms with E-state index in [0.29, 0.717) is 5.06 Å². The first-order valence-corrected chi connectivity index (χ1v) is 6.01. The van der Waals surface area contributed by atoms with Gasteiger partial charge in [-0.25, -0.2) is 0 Å². The third kappa shape index (κ3) is 1.55. The third-order valence-electron chi connectivity index (χ3n) is 2.07. The van der Waals surface area contributed by atoms with Crippen LogP contribution in [0.15, 0.2) is 18.2 Å². The quantitative estimate of drug-likeness (QED) is 0.795. The number of rotatable bonds is 1. The van der Waals surface area contributed by atoms with Crippen LogP contribution in [-0.4, -0.2) is 5.11 Å². The van der Waals surface area contributed by atoms with E-state index in [4.69, 9.17) is 0 Å². The van der Waals surface area contributed by atoms with Crippen LogP contribution >= 0.6 is 33.9 Å². The Morgan fingerprint density at radius 2 is 2.23 bits per heavy atom. The molecule has 68 valence electrons. The lowest BCUT2D eigenvalue weighted by atomic mass is 10.1. The molecule has 1 N–H and O–H groups in total. The molecule has 0 fully saturated rings. The highest BCUT2D eigenvalue weighted by Crippen LogP contribution is 2.35. The average molecular weight is 304 g/mol. The summed E-state index contributed by atoms with van der Waals surface area (Å²) in [6.07, 6.45) is 1.05. The highest BCUT2D eigenvalue weighted by atomic mass is 127. The summed E-state index contributed by atoms with van der Waals surface area (Å²) in [6, 6.07) is 6.03. The van der Waals surface area contributed by atoms with Crippen LogP contribution in [0.25, 0.3) is 10.1 Å². The highest BCUT2D eigenvalue weighted by molar-refractivity contribution is 14.1. The Balaban J connectivity index is 2.78. The fourth-order valence-electron chi connectivity index (χ4n) is 1.37. The average Bonchev–Trinajstić information content (AvgIpc) is 2.47. The topological polar surface area (TPSA) is 20.2 Å². The summed E-state index contributed by atoms with van der Waals surface area (Å²) >= 11 is 3.81. The smallest absolute Gasteiger partial charge is 0.172 e. The normalized spacial score (nSPS) is 10.9. The van der Waals surface area contributed by atoms with E-state index in [1.54, 1.807) is 0 Å². The van der Waals surface area contributed by atoms with Gasteiger partial charge in [0.25, 0.3) is 0 Å². The Morgan fingerprint density at radius 3 is 2.92 bits per heavy atom. The second-order valence-electron chi connectivity index (χ2n) is 2.90. The van der Waals surface area contributed by atoms with Crippen molar-refractivity contribution in [1.82, 2.24) is 0 Å². The van der Waals surface area contributed by atoms with Gasteiger partial charge in [0.05, 0.1) is 4.70 Å². The minimum Gasteiger partial charge on any atom is -0.499 e. The second kappa shape index (κ2) is 3.46. The van der Waals surface area contributed by atoms with Crippen molar-refractivity contribution in [2.45, 2.75) is 13.3 Å². The molecule has 2 aromatic rings. The summed E-state index contributed by atoms with van der Waals surface area (Å²) in [7, 11) is 0. The Labute approximate surface area is 94.5 Å². The molecule has 1 heterocycles. The zero-order valence-electron chi connectivity index (χ0n) is 7.17. The van der Waals surface area contributed by atoms with E-state index >= 15 is 0 Å². The Bertz CT molecular complexity index is 447. The predicted octanol–water partition coefficient (Wildman–Crippen LogP) is 3.77. The monoisotopic (exact) mass is 304 g/mol. The first-order chi connectivity index (χ1) is 6.22. The van der Waals surface area contributed by atoms with Crippen LogP contribution < -0.4 is 0 Å². The van der Waals surface area contributed by atoms with Gasteiger partial charge in [-0.15, -0.1) is 0 Å². The second-order valence-corrected chi connectivity index (χ2v) is 5.00. The van der Waals surface area contributed by atoms with Crippen LogP contribution in [0, 0.1) is 3.57 Å². The molecule has 0 saturated heterocycles. The van der Waals surface area contributed by atoms with Gasteiger partial charge in [-0.05, 0) is 46.0 Å². The minimum atomic E-state index is 0.404. The number of halogens is 1. The van der Waals surface area contributed by atoms with E-state index < -0.39 is 0 Å². The number of fused-ring (bicyclic) bond motifs is 1. The Morgan fingerprint density at radius 1 is 1.46 bits per heavy atom. The molecule has 1 nitrogen and oxygen atoms in total. The number of benzene rings is 1. The molecule has 0 aliphatic rings. The van der Waals surface area contributed by atoms with Crippen molar-refractivity contribution in [3.05, 3.63) is 27.3 Å². The van der Waals surface area contributed by atoms with E-state index in [1.165, 1.54) is 25.2 Å². The van der Waals surface area contributed by atoms with Crippen molar-refractivity contribution < 1.29 is 5.11 Å². The molecule has 0 aliphatic carbocycles. The van der Waals surface area contributed by atoms with Gasteiger partial charge in [0, 0.05) is 3.57 Å². The van der Waals surface area contributed by atoms with E-state index in [-0.39, 0.29) is 0 Å². The third-order valence-corrected chi connectivity index (χ3v) is 4.64. The van der Waals surface area contributed by atoms with E-state index in [1.807, 2.05) is 6.07 Å². The lowest BCUT2D eigenvalue weighted by Gasteiger charge is -2.00. The summed E-state index contributed by atoms with van der Waals surface area (Å²) in [5, 5.41) is 10.9. The van der Waals surface area contributed by atoms with Gasteiger partial charge >= 0.3 is 0 Å². The van der Waals surface area contributed by atoms with Crippen molar-refractivity contribution in [1.29, 1.82) is 0 Å². The van der Waals surface area contributed by atoms with Crippen molar-refractivity contribution in [2.75, 3.05) is 0 Å². The van der Waals surface area contributed by atoms with Crippen LogP contribution in [0.1, 0.15) is 12.5 Å². The van der Waals surface area contributed by atoms with Crippen LogP contribution in [0.2, 0.25) is 0 Å². The zero-order valence-corrected chi connectivity index (χ0v) is 10.1. The molecule has 0 radical (unpaired) electrons. The van der Waals surface area contributed by atoms with Crippen LogP contribution in [0.4, 0.5) is 0 Å². The van der Waals surface area contributed by atoms with E-state index in [0.717, 1.165) is 11.8 Å². The zero-order chi connectivity index (χ0) is 9.42. The lowest BCUT2D eigenvalue weighted by Crippen LogP contribution is -1.84. The maximum atomic E-state index is 9.36. The van der Waals surface area contributed by atoms with Gasteiger partial charge < -0.3 is 5.11 Å².